The van der Waals surface area contributed by atoms with Crippen LogP contribution < -0.4 is 0 Å². The van der Waals surface area contributed by atoms with E-state index in [1.165, 1.54) is 0 Å². The Kier molecular flexibility index (Phi) is 6.64. The molecule has 1 aromatic rings. The molecule has 0 heterocycles. The number of hydrogen-bond donors (Lipinski definition) is 0. The Hall–Kier alpha value is -1.83. The molecule has 0 unspecified atom stereocenters. The lowest BCUT2D eigenvalue weighted by Crippen LogP contribution is -2.14. The maximum absolute atomic E-state index is 14.0. The molecule has 0 nitrogen and oxygen atoms in total. The second kappa shape index (κ2) is 8.51. The fourth-order valence-electron chi connectivity index (χ4n) is 3.36. The highest BCUT2D eigenvalue weighted by Gasteiger charge is 2.25. The molecule has 1 aliphatic carbocycles. The van der Waals surface area contributed by atoms with Crippen LogP contribution in [0.1, 0.15) is 62.5 Å². The second-order valence-electron chi connectivity index (χ2n) is 6.47. The predicted octanol–water partition coefficient (Wildman–Crippen LogP) is 6.51. The van der Waals surface area contributed by atoms with E-state index in [9.17, 15) is 22.0 Å². The van der Waals surface area contributed by atoms with Crippen molar-refractivity contribution in [2.45, 2.75) is 57.5 Å². The van der Waals surface area contributed by atoms with Crippen LogP contribution in [-0.2, 0) is 0 Å². The molecule has 25 heavy (non-hydrogen) atoms. The van der Waals surface area contributed by atoms with Gasteiger partial charge in [0.1, 0.15) is 11.6 Å². The van der Waals surface area contributed by atoms with Crippen LogP contribution in [0.15, 0.2) is 24.3 Å². The van der Waals surface area contributed by atoms with Gasteiger partial charge in [-0.15, -0.1) is 0 Å². The van der Waals surface area contributed by atoms with Crippen LogP contribution in [0.4, 0.5) is 22.0 Å². The van der Waals surface area contributed by atoms with Gasteiger partial charge in [-0.2, -0.15) is 13.2 Å². The average molecular weight is 356 g/mol. The normalized spacial score (nSPS) is 21.2. The SMILES string of the molecule is C/C=C/CCC1CCC(c2cc(F)c(C#CC(F)(F)F)c(F)c2)CC1. The van der Waals surface area contributed by atoms with E-state index in [1.807, 2.05) is 13.0 Å². The Bertz CT molecular complexity index is 645. The molecule has 0 bridgehead atoms. The topological polar surface area (TPSA) is 0 Å². The highest BCUT2D eigenvalue weighted by atomic mass is 19.4. The average Bonchev–Trinajstić information content (AvgIpc) is 2.54. The van der Waals surface area contributed by atoms with Gasteiger partial charge < -0.3 is 0 Å². The summed E-state index contributed by atoms with van der Waals surface area (Å²) in [7, 11) is 0. The molecule has 0 atom stereocenters. The van der Waals surface area contributed by atoms with Gasteiger partial charge in [-0.3, -0.25) is 0 Å². The number of allylic oxidation sites excluding steroid dienone is 2. The molecule has 0 N–H and O–H groups in total. The third-order valence-electron chi connectivity index (χ3n) is 4.69. The summed E-state index contributed by atoms with van der Waals surface area (Å²) in [6.07, 6.45) is 5.23. The largest absolute Gasteiger partial charge is 0.458 e. The minimum absolute atomic E-state index is 0.0478. The lowest BCUT2D eigenvalue weighted by Gasteiger charge is -2.28. The Morgan fingerprint density at radius 3 is 2.20 bits per heavy atom. The maximum atomic E-state index is 14.0. The minimum atomic E-state index is -4.77. The molecular formula is C20H21F5. The molecular weight excluding hydrogens is 335 g/mol. The van der Waals surface area contributed by atoms with Crippen LogP contribution in [0.3, 0.4) is 0 Å². The summed E-state index contributed by atoms with van der Waals surface area (Å²) in [5, 5.41) is 0. The monoisotopic (exact) mass is 356 g/mol. The van der Waals surface area contributed by atoms with Crippen molar-refractivity contribution in [1.82, 2.24) is 0 Å². The van der Waals surface area contributed by atoms with Gasteiger partial charge in [-0.05, 0) is 75.0 Å². The third kappa shape index (κ3) is 5.88. The summed E-state index contributed by atoms with van der Waals surface area (Å²) in [6.45, 7) is 1.99. The molecule has 2 rings (SSSR count). The zero-order valence-electron chi connectivity index (χ0n) is 14.1. The molecule has 136 valence electrons. The predicted molar refractivity (Wildman–Crippen MR) is 88.0 cm³/mol. The van der Waals surface area contributed by atoms with Crippen LogP contribution in [0.25, 0.3) is 0 Å². The van der Waals surface area contributed by atoms with Crippen LogP contribution >= 0.6 is 0 Å². The summed E-state index contributed by atoms with van der Waals surface area (Å²) >= 11 is 0. The van der Waals surface area contributed by atoms with Crippen LogP contribution in [0.2, 0.25) is 0 Å². The van der Waals surface area contributed by atoms with Gasteiger partial charge in [0, 0.05) is 5.92 Å². The van der Waals surface area contributed by atoms with Gasteiger partial charge in [0.25, 0.3) is 0 Å². The van der Waals surface area contributed by atoms with Gasteiger partial charge >= 0.3 is 6.18 Å². The lowest BCUT2D eigenvalue weighted by molar-refractivity contribution is -0.0696. The molecule has 1 saturated carbocycles. The molecule has 0 spiro atoms. The van der Waals surface area contributed by atoms with E-state index >= 15 is 0 Å². The molecule has 1 aliphatic rings. The first-order chi connectivity index (χ1) is 11.8. The van der Waals surface area contributed by atoms with Gasteiger partial charge in [0.2, 0.25) is 0 Å². The van der Waals surface area contributed by atoms with E-state index in [-0.39, 0.29) is 5.92 Å². The molecule has 0 saturated heterocycles. The number of hydrogen-bond acceptors (Lipinski definition) is 0. The number of benzene rings is 1. The minimum Gasteiger partial charge on any atom is -0.206 e. The van der Waals surface area contributed by atoms with E-state index in [2.05, 4.69) is 6.08 Å². The summed E-state index contributed by atoms with van der Waals surface area (Å²) in [4.78, 5) is 0. The van der Waals surface area contributed by atoms with Crippen molar-refractivity contribution in [3.8, 4) is 11.8 Å². The Labute approximate surface area is 145 Å². The third-order valence-corrected chi connectivity index (χ3v) is 4.69. The summed E-state index contributed by atoms with van der Waals surface area (Å²) in [6, 6.07) is 2.27. The van der Waals surface area contributed by atoms with E-state index in [0.717, 1.165) is 56.6 Å². The van der Waals surface area contributed by atoms with Crippen molar-refractivity contribution in [3.63, 3.8) is 0 Å². The fourth-order valence-corrected chi connectivity index (χ4v) is 3.36. The standard InChI is InChI=1S/C20H21F5/c1-2-3-4-5-14-6-8-15(9-7-14)16-12-18(21)17(19(22)13-16)10-11-20(23,24)25/h2-3,12-15H,4-9H2,1H3/b3-2+. The highest BCUT2D eigenvalue weighted by Crippen LogP contribution is 2.38. The summed E-state index contributed by atoms with van der Waals surface area (Å²) < 4.78 is 64.3. The molecule has 0 radical (unpaired) electrons. The van der Waals surface area contributed by atoms with Crippen molar-refractivity contribution >= 4 is 0 Å². The Balaban J connectivity index is 2.05. The smallest absolute Gasteiger partial charge is 0.206 e. The molecule has 1 aromatic carbocycles. The second-order valence-corrected chi connectivity index (χ2v) is 6.47. The maximum Gasteiger partial charge on any atom is 0.458 e. The molecule has 0 aliphatic heterocycles. The van der Waals surface area contributed by atoms with E-state index in [4.69, 9.17) is 0 Å². The first-order valence-corrected chi connectivity index (χ1v) is 8.50. The van der Waals surface area contributed by atoms with Crippen molar-refractivity contribution in [2.24, 2.45) is 5.92 Å². The van der Waals surface area contributed by atoms with Crippen molar-refractivity contribution in [3.05, 3.63) is 47.0 Å². The van der Waals surface area contributed by atoms with Gasteiger partial charge in [0.15, 0.2) is 0 Å². The van der Waals surface area contributed by atoms with E-state index in [1.54, 1.807) is 5.92 Å². The van der Waals surface area contributed by atoms with Gasteiger partial charge in [-0.25, -0.2) is 8.78 Å². The van der Waals surface area contributed by atoms with Crippen molar-refractivity contribution in [2.75, 3.05) is 0 Å². The van der Waals surface area contributed by atoms with Crippen LogP contribution in [-0.4, -0.2) is 6.18 Å². The Morgan fingerprint density at radius 1 is 1.08 bits per heavy atom. The highest BCUT2D eigenvalue weighted by molar-refractivity contribution is 5.40. The zero-order valence-corrected chi connectivity index (χ0v) is 14.1. The van der Waals surface area contributed by atoms with Crippen molar-refractivity contribution < 1.29 is 22.0 Å². The number of alkyl halides is 3. The van der Waals surface area contributed by atoms with Gasteiger partial charge in [-0.1, -0.05) is 18.1 Å². The van der Waals surface area contributed by atoms with Crippen LogP contribution in [0.5, 0.6) is 0 Å². The first kappa shape index (κ1) is 19.5. The lowest BCUT2D eigenvalue weighted by atomic mass is 9.77. The Morgan fingerprint density at radius 2 is 1.68 bits per heavy atom. The van der Waals surface area contributed by atoms with Crippen LogP contribution in [0, 0.1) is 29.4 Å². The molecule has 0 aromatic heterocycles. The fraction of sp³-hybridized carbons (Fsp3) is 0.500. The first-order valence-electron chi connectivity index (χ1n) is 8.50. The molecule has 1 fully saturated rings. The van der Waals surface area contributed by atoms with Crippen molar-refractivity contribution in [1.29, 1.82) is 0 Å². The molecule has 5 heteroatoms. The summed E-state index contributed by atoms with van der Waals surface area (Å²) in [5.74, 6) is 1.09. The quantitative estimate of drug-likeness (QED) is 0.328. The zero-order chi connectivity index (χ0) is 18.4. The summed E-state index contributed by atoms with van der Waals surface area (Å²) in [5.41, 5.74) is -0.305. The molecule has 0 amide bonds. The van der Waals surface area contributed by atoms with E-state index in [0.29, 0.717) is 11.5 Å². The number of rotatable bonds is 4. The number of halogens is 5. The van der Waals surface area contributed by atoms with E-state index < -0.39 is 23.4 Å². The van der Waals surface area contributed by atoms with Gasteiger partial charge in [0.05, 0.1) is 5.56 Å².